The van der Waals surface area contributed by atoms with Crippen LogP contribution in [0.25, 0.3) is 0 Å². The molecule has 62 valence electrons. The van der Waals surface area contributed by atoms with Crippen LogP contribution < -0.4 is 4.74 Å². The molecule has 1 N–H and O–H groups in total. The Morgan fingerprint density at radius 3 is 2.55 bits per heavy atom. The summed E-state index contributed by atoms with van der Waals surface area (Å²) in [5, 5.41) is 1.50. The number of methoxy groups -OCH3 is 1. The van der Waals surface area contributed by atoms with Gasteiger partial charge in [0.1, 0.15) is 5.75 Å². The number of ether oxygens (including phenoxy) is 1. The van der Waals surface area contributed by atoms with Crippen molar-refractivity contribution < 1.29 is 17.7 Å². The minimum Gasteiger partial charge on any atom is -0.496 e. The average molecular weight is 194 g/mol. The minimum atomic E-state index is -4.05. The summed E-state index contributed by atoms with van der Waals surface area (Å²) in [6.45, 7) is 0. The van der Waals surface area contributed by atoms with Crippen molar-refractivity contribution in [2.45, 2.75) is 4.21 Å². The molecule has 0 bridgehead atoms. The van der Waals surface area contributed by atoms with Crippen molar-refractivity contribution in [3.05, 3.63) is 11.4 Å². The molecule has 1 rings (SSSR count). The van der Waals surface area contributed by atoms with Crippen LogP contribution >= 0.6 is 11.3 Å². The fraction of sp³-hybridized carbons (Fsp3) is 0.200. The highest BCUT2D eigenvalue weighted by molar-refractivity contribution is 7.88. The monoisotopic (exact) mass is 194 g/mol. The van der Waals surface area contributed by atoms with E-state index in [0.717, 1.165) is 11.3 Å². The van der Waals surface area contributed by atoms with Gasteiger partial charge in [0.25, 0.3) is 0 Å². The smallest absolute Gasteiger partial charge is 0.304 e. The molecule has 6 heteroatoms. The van der Waals surface area contributed by atoms with E-state index in [-0.39, 0.29) is 4.21 Å². The lowest BCUT2D eigenvalue weighted by atomic mass is 10.6. The van der Waals surface area contributed by atoms with Gasteiger partial charge in [-0.25, -0.2) is 0 Å². The van der Waals surface area contributed by atoms with Crippen LogP contribution in [0.5, 0.6) is 5.75 Å². The van der Waals surface area contributed by atoms with Crippen LogP contribution in [0.3, 0.4) is 0 Å². The summed E-state index contributed by atoms with van der Waals surface area (Å²) in [5.74, 6) is 0.433. The standard InChI is InChI=1S/C5H6O4S2/c1-9-4-2-5(10-3-4)11(6,7)8/h2-3H,1H3,(H,6,7,8). The highest BCUT2D eigenvalue weighted by atomic mass is 32.3. The molecule has 11 heavy (non-hydrogen) atoms. The molecule has 0 spiro atoms. The van der Waals surface area contributed by atoms with Gasteiger partial charge in [0.05, 0.1) is 7.11 Å². The summed E-state index contributed by atoms with van der Waals surface area (Å²) >= 11 is 0.918. The predicted molar refractivity (Wildman–Crippen MR) is 40.7 cm³/mol. The first kappa shape index (κ1) is 8.51. The molecule has 0 aromatic carbocycles. The van der Waals surface area contributed by atoms with Gasteiger partial charge in [-0.1, -0.05) is 0 Å². The highest BCUT2D eigenvalue weighted by Gasteiger charge is 2.12. The van der Waals surface area contributed by atoms with Gasteiger partial charge in [-0.05, 0) is 0 Å². The van der Waals surface area contributed by atoms with Crippen LogP contribution in [-0.2, 0) is 10.1 Å². The van der Waals surface area contributed by atoms with Gasteiger partial charge >= 0.3 is 10.1 Å². The lowest BCUT2D eigenvalue weighted by Crippen LogP contribution is -1.93. The molecule has 0 fully saturated rings. The second-order valence-corrected chi connectivity index (χ2v) is 4.34. The number of thiophene rings is 1. The summed E-state index contributed by atoms with van der Waals surface area (Å²) in [4.78, 5) is 0. The number of rotatable bonds is 2. The lowest BCUT2D eigenvalue weighted by molar-refractivity contribution is 0.415. The summed E-state index contributed by atoms with van der Waals surface area (Å²) in [6.07, 6.45) is 0. The van der Waals surface area contributed by atoms with Gasteiger partial charge < -0.3 is 4.74 Å². The quantitative estimate of drug-likeness (QED) is 0.713. The van der Waals surface area contributed by atoms with E-state index in [0.29, 0.717) is 5.75 Å². The zero-order valence-corrected chi connectivity index (χ0v) is 7.28. The maximum absolute atomic E-state index is 10.5. The van der Waals surface area contributed by atoms with E-state index in [4.69, 9.17) is 9.29 Å². The largest absolute Gasteiger partial charge is 0.496 e. The SMILES string of the molecule is COc1csc(S(=O)(=O)O)c1. The molecule has 0 amide bonds. The third-order valence-corrected chi connectivity index (χ3v) is 3.29. The van der Waals surface area contributed by atoms with Crippen molar-refractivity contribution in [3.8, 4) is 5.75 Å². The molecule has 0 aliphatic carbocycles. The third-order valence-electron chi connectivity index (χ3n) is 1.04. The van der Waals surface area contributed by atoms with E-state index in [2.05, 4.69) is 0 Å². The molecule has 1 aromatic rings. The van der Waals surface area contributed by atoms with Gasteiger partial charge in [0.15, 0.2) is 4.21 Å². The van der Waals surface area contributed by atoms with E-state index >= 15 is 0 Å². The van der Waals surface area contributed by atoms with E-state index in [1.54, 1.807) is 0 Å². The maximum Gasteiger partial charge on any atom is 0.304 e. The van der Waals surface area contributed by atoms with Crippen molar-refractivity contribution in [1.29, 1.82) is 0 Å². The molecule has 0 aliphatic heterocycles. The van der Waals surface area contributed by atoms with Crippen LogP contribution in [0.15, 0.2) is 15.7 Å². The lowest BCUT2D eigenvalue weighted by Gasteiger charge is -1.89. The second kappa shape index (κ2) is 2.80. The Bertz CT molecular complexity index is 337. The average Bonchev–Trinajstić information content (AvgIpc) is 2.32. The fourth-order valence-corrected chi connectivity index (χ4v) is 2.02. The maximum atomic E-state index is 10.5. The molecule has 0 saturated heterocycles. The van der Waals surface area contributed by atoms with Crippen LogP contribution in [0.4, 0.5) is 0 Å². The summed E-state index contributed by atoms with van der Waals surface area (Å²) in [7, 11) is -2.63. The van der Waals surface area contributed by atoms with Crippen molar-refractivity contribution >= 4 is 21.5 Å². The van der Waals surface area contributed by atoms with Gasteiger partial charge in [-0.15, -0.1) is 11.3 Å². The van der Waals surface area contributed by atoms with E-state index in [9.17, 15) is 8.42 Å². The predicted octanol–water partition coefficient (Wildman–Crippen LogP) is 1.00. The molecule has 1 aromatic heterocycles. The summed E-state index contributed by atoms with van der Waals surface area (Å²) in [6, 6.07) is 1.26. The molecule has 0 radical (unpaired) electrons. The zero-order chi connectivity index (χ0) is 8.48. The first-order valence-electron chi connectivity index (χ1n) is 2.64. The number of hydrogen-bond acceptors (Lipinski definition) is 4. The Balaban J connectivity index is 3.09. The van der Waals surface area contributed by atoms with Crippen LogP contribution in [-0.4, -0.2) is 20.1 Å². The molecule has 0 aliphatic rings. The second-order valence-electron chi connectivity index (χ2n) is 1.78. The molecular weight excluding hydrogens is 188 g/mol. The molecule has 0 atom stereocenters. The molecule has 0 unspecified atom stereocenters. The molecule has 4 nitrogen and oxygen atoms in total. The fourth-order valence-electron chi connectivity index (χ4n) is 0.543. The van der Waals surface area contributed by atoms with Crippen molar-refractivity contribution in [3.63, 3.8) is 0 Å². The summed E-state index contributed by atoms with van der Waals surface area (Å²) in [5.41, 5.74) is 0. The van der Waals surface area contributed by atoms with Crippen molar-refractivity contribution in [1.82, 2.24) is 0 Å². The Morgan fingerprint density at radius 1 is 1.64 bits per heavy atom. The van der Waals surface area contributed by atoms with Crippen molar-refractivity contribution in [2.24, 2.45) is 0 Å². The Morgan fingerprint density at radius 2 is 2.27 bits per heavy atom. The van der Waals surface area contributed by atoms with Crippen LogP contribution in [0, 0.1) is 0 Å². The van der Waals surface area contributed by atoms with Crippen LogP contribution in [0.2, 0.25) is 0 Å². The highest BCUT2D eigenvalue weighted by Crippen LogP contribution is 2.24. The van der Waals surface area contributed by atoms with Gasteiger partial charge in [0, 0.05) is 11.4 Å². The number of hydrogen-bond donors (Lipinski definition) is 1. The van der Waals surface area contributed by atoms with E-state index in [1.807, 2.05) is 0 Å². The molecule has 0 saturated carbocycles. The first-order chi connectivity index (χ1) is 5.04. The minimum absolute atomic E-state index is 0.102. The Hall–Kier alpha value is -0.590. The topological polar surface area (TPSA) is 63.6 Å². The third kappa shape index (κ3) is 1.92. The Labute approximate surface area is 68.2 Å². The first-order valence-corrected chi connectivity index (χ1v) is 4.96. The van der Waals surface area contributed by atoms with E-state index < -0.39 is 10.1 Å². The summed E-state index contributed by atoms with van der Waals surface area (Å²) < 4.78 is 34.1. The van der Waals surface area contributed by atoms with Gasteiger partial charge in [-0.3, -0.25) is 4.55 Å². The molecule has 1 heterocycles. The van der Waals surface area contributed by atoms with Gasteiger partial charge in [0.2, 0.25) is 0 Å². The molecular formula is C5H6O4S2. The van der Waals surface area contributed by atoms with Crippen LogP contribution in [0.1, 0.15) is 0 Å². The Kier molecular flexibility index (Phi) is 2.17. The van der Waals surface area contributed by atoms with Gasteiger partial charge in [-0.2, -0.15) is 8.42 Å². The zero-order valence-electron chi connectivity index (χ0n) is 5.64. The van der Waals surface area contributed by atoms with Crippen molar-refractivity contribution in [2.75, 3.05) is 7.11 Å². The normalized spacial score (nSPS) is 11.5. The van der Waals surface area contributed by atoms with E-state index in [1.165, 1.54) is 18.6 Å².